The summed E-state index contributed by atoms with van der Waals surface area (Å²) >= 11 is 0. The molecule has 1 amide bonds. The molecule has 0 spiro atoms. The number of rotatable bonds is 7. The molecule has 6 heteroatoms. The average molecular weight is 323 g/mol. The van der Waals surface area contributed by atoms with Gasteiger partial charge in [-0.25, -0.2) is 0 Å². The molecule has 0 aromatic rings. The fourth-order valence-corrected chi connectivity index (χ4v) is 3.59. The van der Waals surface area contributed by atoms with Gasteiger partial charge in [0.1, 0.15) is 0 Å². The Morgan fingerprint density at radius 1 is 1.04 bits per heavy atom. The molecule has 23 heavy (non-hydrogen) atoms. The minimum Gasteiger partial charge on any atom is -0.370 e. The van der Waals surface area contributed by atoms with Crippen LogP contribution in [0.1, 0.15) is 57.8 Å². The van der Waals surface area contributed by atoms with Gasteiger partial charge in [0.05, 0.1) is 0 Å². The third-order valence-electron chi connectivity index (χ3n) is 5.11. The summed E-state index contributed by atoms with van der Waals surface area (Å²) in [6.45, 7) is 3.85. The minimum absolute atomic E-state index is 0.0847. The molecular weight excluding hydrogens is 290 g/mol. The van der Waals surface area contributed by atoms with Crippen molar-refractivity contribution in [3.8, 4) is 0 Å². The molecule has 0 aromatic carbocycles. The molecule has 2 aliphatic rings. The number of likely N-dealkylation sites (tertiary alicyclic amines) is 1. The topological polar surface area (TPSA) is 96.7 Å². The first-order valence-corrected chi connectivity index (χ1v) is 9.23. The summed E-state index contributed by atoms with van der Waals surface area (Å²) in [6.07, 6.45) is 10.4. The van der Waals surface area contributed by atoms with Gasteiger partial charge >= 0.3 is 0 Å². The van der Waals surface area contributed by atoms with Gasteiger partial charge in [-0.05, 0) is 58.2 Å². The highest BCUT2D eigenvalue weighted by atomic mass is 16.1. The number of carbonyl (C=O) groups is 1. The van der Waals surface area contributed by atoms with Gasteiger partial charge in [0, 0.05) is 18.5 Å². The van der Waals surface area contributed by atoms with Crippen molar-refractivity contribution >= 4 is 11.9 Å². The van der Waals surface area contributed by atoms with Crippen LogP contribution in [-0.2, 0) is 4.79 Å². The second kappa shape index (κ2) is 9.75. The SMILES string of the molecule is NC(=O)C1CCN(CCCCN=C(N)NC2CCCCC2)CC1. The summed E-state index contributed by atoms with van der Waals surface area (Å²) < 4.78 is 0. The Bertz CT molecular complexity index is 384. The van der Waals surface area contributed by atoms with Crippen LogP contribution in [0.15, 0.2) is 4.99 Å². The van der Waals surface area contributed by atoms with Crippen LogP contribution in [0.3, 0.4) is 0 Å². The molecular formula is C17H33N5O. The molecule has 2 fully saturated rings. The summed E-state index contributed by atoms with van der Waals surface area (Å²) in [5.41, 5.74) is 11.3. The third kappa shape index (κ3) is 6.77. The fraction of sp³-hybridized carbons (Fsp3) is 0.882. The third-order valence-corrected chi connectivity index (χ3v) is 5.11. The number of primary amides is 1. The molecule has 6 nitrogen and oxygen atoms in total. The molecule has 0 atom stereocenters. The second-order valence-corrected chi connectivity index (χ2v) is 6.97. The fourth-order valence-electron chi connectivity index (χ4n) is 3.59. The van der Waals surface area contributed by atoms with E-state index in [0.29, 0.717) is 12.0 Å². The van der Waals surface area contributed by atoms with Gasteiger partial charge in [-0.3, -0.25) is 9.79 Å². The van der Waals surface area contributed by atoms with E-state index in [1.54, 1.807) is 0 Å². The van der Waals surface area contributed by atoms with Crippen LogP contribution in [0.2, 0.25) is 0 Å². The van der Waals surface area contributed by atoms with Crippen molar-refractivity contribution in [1.29, 1.82) is 0 Å². The Labute approximate surface area is 140 Å². The van der Waals surface area contributed by atoms with Crippen molar-refractivity contribution in [3.63, 3.8) is 0 Å². The number of carbonyl (C=O) groups excluding carboxylic acids is 1. The molecule has 0 radical (unpaired) electrons. The molecule has 1 aliphatic heterocycles. The number of hydrogen-bond donors (Lipinski definition) is 3. The van der Waals surface area contributed by atoms with E-state index < -0.39 is 0 Å². The lowest BCUT2D eigenvalue weighted by atomic mass is 9.96. The van der Waals surface area contributed by atoms with Gasteiger partial charge in [0.15, 0.2) is 5.96 Å². The van der Waals surface area contributed by atoms with Gasteiger partial charge in [-0.1, -0.05) is 19.3 Å². The summed E-state index contributed by atoms with van der Waals surface area (Å²) in [7, 11) is 0. The van der Waals surface area contributed by atoms with E-state index in [-0.39, 0.29) is 11.8 Å². The lowest BCUT2D eigenvalue weighted by Gasteiger charge is -2.30. The van der Waals surface area contributed by atoms with Crippen LogP contribution < -0.4 is 16.8 Å². The van der Waals surface area contributed by atoms with Gasteiger partial charge in [0.25, 0.3) is 0 Å². The van der Waals surface area contributed by atoms with Gasteiger partial charge < -0.3 is 21.7 Å². The molecule has 0 unspecified atom stereocenters. The molecule has 2 rings (SSSR count). The number of nitrogens with two attached hydrogens (primary N) is 2. The highest BCUT2D eigenvalue weighted by molar-refractivity contribution is 5.78. The molecule has 5 N–H and O–H groups in total. The smallest absolute Gasteiger partial charge is 0.220 e. The van der Waals surface area contributed by atoms with Crippen molar-refractivity contribution in [2.75, 3.05) is 26.2 Å². The van der Waals surface area contributed by atoms with E-state index >= 15 is 0 Å². The lowest BCUT2D eigenvalue weighted by molar-refractivity contribution is -0.123. The highest BCUT2D eigenvalue weighted by Gasteiger charge is 2.22. The summed E-state index contributed by atoms with van der Waals surface area (Å²) in [5.74, 6) is 0.556. The zero-order valence-electron chi connectivity index (χ0n) is 14.3. The molecule has 1 saturated heterocycles. The van der Waals surface area contributed by atoms with E-state index in [9.17, 15) is 4.79 Å². The Morgan fingerprint density at radius 3 is 2.39 bits per heavy atom. The molecule has 0 aromatic heterocycles. The molecule has 0 bridgehead atoms. The number of piperidine rings is 1. The number of amides is 1. The maximum absolute atomic E-state index is 11.1. The first-order valence-electron chi connectivity index (χ1n) is 9.23. The van der Waals surface area contributed by atoms with Crippen molar-refractivity contribution in [1.82, 2.24) is 10.2 Å². The number of nitrogens with zero attached hydrogens (tertiary/aromatic N) is 2. The summed E-state index contributed by atoms with van der Waals surface area (Å²) in [6, 6.07) is 0.527. The predicted molar refractivity (Wildman–Crippen MR) is 94.1 cm³/mol. The van der Waals surface area contributed by atoms with Crippen molar-refractivity contribution in [2.45, 2.75) is 63.8 Å². The van der Waals surface area contributed by atoms with Gasteiger partial charge in [0.2, 0.25) is 5.91 Å². The Morgan fingerprint density at radius 2 is 1.74 bits per heavy atom. The Balaban J connectivity index is 1.51. The first kappa shape index (κ1) is 18.0. The van der Waals surface area contributed by atoms with E-state index in [1.165, 1.54) is 32.1 Å². The summed E-state index contributed by atoms with van der Waals surface area (Å²) in [4.78, 5) is 18.0. The number of aliphatic imine (C=N–C) groups is 1. The molecule has 1 aliphatic carbocycles. The van der Waals surface area contributed by atoms with Gasteiger partial charge in [-0.2, -0.15) is 0 Å². The number of unbranched alkanes of at least 4 members (excludes halogenated alkanes) is 1. The highest BCUT2D eigenvalue weighted by Crippen LogP contribution is 2.17. The van der Waals surface area contributed by atoms with Crippen LogP contribution in [0.4, 0.5) is 0 Å². The van der Waals surface area contributed by atoms with E-state index in [0.717, 1.165) is 51.9 Å². The molecule has 1 heterocycles. The normalized spacial score (nSPS) is 22.2. The minimum atomic E-state index is -0.139. The predicted octanol–water partition coefficient (Wildman–Crippen LogP) is 1.20. The number of hydrogen-bond acceptors (Lipinski definition) is 3. The van der Waals surface area contributed by atoms with Crippen LogP contribution in [0.5, 0.6) is 0 Å². The molecule has 1 saturated carbocycles. The Hall–Kier alpha value is -1.30. The van der Waals surface area contributed by atoms with Crippen molar-refractivity contribution < 1.29 is 4.79 Å². The zero-order valence-corrected chi connectivity index (χ0v) is 14.3. The first-order chi connectivity index (χ1) is 11.1. The number of nitrogens with one attached hydrogen (secondary N) is 1. The maximum Gasteiger partial charge on any atom is 0.220 e. The second-order valence-electron chi connectivity index (χ2n) is 6.97. The van der Waals surface area contributed by atoms with E-state index in [2.05, 4.69) is 15.2 Å². The van der Waals surface area contributed by atoms with Crippen molar-refractivity contribution in [2.24, 2.45) is 22.4 Å². The van der Waals surface area contributed by atoms with E-state index in [4.69, 9.17) is 11.5 Å². The van der Waals surface area contributed by atoms with Gasteiger partial charge in [-0.15, -0.1) is 0 Å². The van der Waals surface area contributed by atoms with Crippen LogP contribution in [0, 0.1) is 5.92 Å². The van der Waals surface area contributed by atoms with Crippen LogP contribution in [0.25, 0.3) is 0 Å². The van der Waals surface area contributed by atoms with Crippen LogP contribution in [-0.4, -0.2) is 49.0 Å². The zero-order chi connectivity index (χ0) is 16.5. The molecule has 132 valence electrons. The largest absolute Gasteiger partial charge is 0.370 e. The summed E-state index contributed by atoms with van der Waals surface area (Å²) in [5, 5.41) is 3.35. The standard InChI is InChI=1S/C17H33N5O/c18-16(23)14-8-12-22(13-9-14)11-5-4-10-20-17(19)21-15-6-2-1-3-7-15/h14-15H,1-13H2,(H2,18,23)(H3,19,20,21). The maximum atomic E-state index is 11.1. The quantitative estimate of drug-likeness (QED) is 0.372. The van der Waals surface area contributed by atoms with Crippen LogP contribution >= 0.6 is 0 Å². The van der Waals surface area contributed by atoms with E-state index in [1.807, 2.05) is 0 Å². The number of guanidine groups is 1. The average Bonchev–Trinajstić information content (AvgIpc) is 2.56. The lowest BCUT2D eigenvalue weighted by Crippen LogP contribution is -2.41. The Kier molecular flexibility index (Phi) is 7.65. The van der Waals surface area contributed by atoms with Crippen molar-refractivity contribution in [3.05, 3.63) is 0 Å². The monoisotopic (exact) mass is 323 g/mol.